The van der Waals surface area contributed by atoms with Crippen LogP contribution in [0.15, 0.2) is 29.3 Å². The van der Waals surface area contributed by atoms with Gasteiger partial charge in [-0.1, -0.05) is 6.07 Å². The van der Waals surface area contributed by atoms with Crippen molar-refractivity contribution in [2.45, 2.75) is 32.7 Å². The number of ether oxygens (including phenoxy) is 2. The third kappa shape index (κ3) is 3.22. The second-order valence-electron chi connectivity index (χ2n) is 6.31. The van der Waals surface area contributed by atoms with Gasteiger partial charge in [0.05, 0.1) is 42.3 Å². The summed E-state index contributed by atoms with van der Waals surface area (Å²) < 4.78 is 11.4. The number of methoxy groups -OCH3 is 1. The van der Waals surface area contributed by atoms with Crippen LogP contribution in [0.4, 0.5) is 5.69 Å². The van der Waals surface area contributed by atoms with Gasteiger partial charge in [-0.2, -0.15) is 5.26 Å². The average Bonchev–Trinajstić information content (AvgIpc) is 2.66. The molecule has 6 nitrogen and oxygen atoms in total. The van der Waals surface area contributed by atoms with Crippen molar-refractivity contribution in [3.63, 3.8) is 0 Å². The van der Waals surface area contributed by atoms with Gasteiger partial charge in [0, 0.05) is 11.3 Å². The molecule has 2 heterocycles. The molecule has 2 aromatic rings. The Bertz CT molecular complexity index is 998. The fourth-order valence-corrected chi connectivity index (χ4v) is 3.46. The Morgan fingerprint density at radius 3 is 2.70 bits per heavy atom. The summed E-state index contributed by atoms with van der Waals surface area (Å²) in [6, 6.07) is 8.81. The van der Waals surface area contributed by atoms with Crippen LogP contribution in [0, 0.1) is 24.8 Å². The number of aryl methyl sites for hydroxylation is 1. The van der Waals surface area contributed by atoms with Gasteiger partial charge in [0.2, 0.25) is 5.88 Å². The number of rotatable bonds is 4. The van der Waals surface area contributed by atoms with E-state index in [-0.39, 0.29) is 5.92 Å². The van der Waals surface area contributed by atoms with Gasteiger partial charge in [-0.15, -0.1) is 0 Å². The first-order chi connectivity index (χ1) is 13.0. The fourth-order valence-electron chi connectivity index (χ4n) is 3.46. The summed E-state index contributed by atoms with van der Waals surface area (Å²) >= 11 is 0. The van der Waals surface area contributed by atoms with Crippen molar-refractivity contribution in [3.05, 3.63) is 58.1 Å². The lowest BCUT2D eigenvalue weighted by molar-refractivity contribution is 0.320. The molecule has 1 aromatic carbocycles. The van der Waals surface area contributed by atoms with Gasteiger partial charge in [-0.3, -0.25) is 0 Å². The first-order valence-electron chi connectivity index (χ1n) is 8.68. The van der Waals surface area contributed by atoms with Gasteiger partial charge in [0.15, 0.2) is 0 Å². The van der Waals surface area contributed by atoms with Crippen molar-refractivity contribution in [2.24, 2.45) is 4.99 Å². The minimum Gasteiger partial charge on any atom is -0.496 e. The molecule has 0 fully saturated rings. The lowest BCUT2D eigenvalue weighted by atomic mass is 9.80. The smallest absolute Gasteiger partial charge is 0.272 e. The molecule has 0 spiro atoms. The number of hydrogen-bond donors (Lipinski definition) is 0. The van der Waals surface area contributed by atoms with E-state index >= 15 is 0 Å². The molecular weight excluding hydrogens is 340 g/mol. The summed E-state index contributed by atoms with van der Waals surface area (Å²) in [6.45, 7) is 13.9. The van der Waals surface area contributed by atoms with Gasteiger partial charge < -0.3 is 14.3 Å². The van der Waals surface area contributed by atoms with Crippen molar-refractivity contribution in [1.29, 1.82) is 5.26 Å². The maximum atomic E-state index is 9.20. The molecule has 6 heteroatoms. The van der Waals surface area contributed by atoms with Crippen molar-refractivity contribution >= 4 is 11.4 Å². The molecule has 0 bridgehead atoms. The van der Waals surface area contributed by atoms with Crippen LogP contribution >= 0.6 is 0 Å². The number of nitrogens with zero attached hydrogens (tertiary/aromatic N) is 4. The Balaban J connectivity index is 2.32. The molecule has 27 heavy (non-hydrogen) atoms. The zero-order chi connectivity index (χ0) is 19.6. The molecule has 2 atom stereocenters. The molecule has 0 amide bonds. The Hall–Kier alpha value is -3.38. The van der Waals surface area contributed by atoms with E-state index in [9.17, 15) is 5.26 Å². The molecule has 1 aromatic heterocycles. The summed E-state index contributed by atoms with van der Waals surface area (Å²) in [5, 5.41) is 9.20. The van der Waals surface area contributed by atoms with Gasteiger partial charge >= 0.3 is 0 Å². The molecule has 0 saturated carbocycles. The van der Waals surface area contributed by atoms with Crippen LogP contribution in [0.25, 0.3) is 4.85 Å². The number of aromatic nitrogens is 1. The third-order valence-corrected chi connectivity index (χ3v) is 4.60. The topological polar surface area (TPSA) is 71.9 Å². The van der Waals surface area contributed by atoms with E-state index in [1.165, 1.54) is 0 Å². The van der Waals surface area contributed by atoms with E-state index in [0.717, 1.165) is 28.2 Å². The summed E-state index contributed by atoms with van der Waals surface area (Å²) in [5.74, 6) is 0.720. The first-order valence-corrected chi connectivity index (χ1v) is 8.68. The van der Waals surface area contributed by atoms with Crippen LogP contribution in [-0.4, -0.2) is 30.5 Å². The van der Waals surface area contributed by atoms with E-state index in [1.54, 1.807) is 19.2 Å². The molecule has 1 aliphatic rings. The van der Waals surface area contributed by atoms with E-state index in [4.69, 9.17) is 16.0 Å². The Labute approximate surface area is 158 Å². The SMILES string of the molecule is [C-]#[N+]C1C(C)=Nc2cc(C)nc(OCC)c2C1c1ccc(C#N)cc1OC. The summed E-state index contributed by atoms with van der Waals surface area (Å²) in [7, 11) is 1.56. The van der Waals surface area contributed by atoms with Crippen LogP contribution in [-0.2, 0) is 0 Å². The fraction of sp³-hybridized carbons (Fsp3) is 0.333. The van der Waals surface area contributed by atoms with E-state index < -0.39 is 6.04 Å². The highest BCUT2D eigenvalue weighted by atomic mass is 16.5. The van der Waals surface area contributed by atoms with Gasteiger partial charge in [-0.05, 0) is 39.0 Å². The number of fused-ring (bicyclic) bond motifs is 1. The second-order valence-corrected chi connectivity index (χ2v) is 6.31. The summed E-state index contributed by atoms with van der Waals surface area (Å²) in [5.41, 5.74) is 4.42. The Morgan fingerprint density at radius 1 is 1.30 bits per heavy atom. The largest absolute Gasteiger partial charge is 0.496 e. The molecule has 136 valence electrons. The zero-order valence-corrected chi connectivity index (χ0v) is 15.8. The van der Waals surface area contributed by atoms with E-state index in [2.05, 4.69) is 20.9 Å². The highest BCUT2D eigenvalue weighted by molar-refractivity contribution is 5.95. The number of benzene rings is 1. The highest BCUT2D eigenvalue weighted by Gasteiger charge is 2.41. The van der Waals surface area contributed by atoms with Crippen molar-refractivity contribution in [2.75, 3.05) is 13.7 Å². The lowest BCUT2D eigenvalue weighted by Crippen LogP contribution is -2.28. The molecule has 0 aliphatic carbocycles. The molecule has 0 radical (unpaired) electrons. The minimum absolute atomic E-state index is 0.340. The third-order valence-electron chi connectivity index (χ3n) is 4.60. The maximum Gasteiger partial charge on any atom is 0.272 e. The molecule has 1 aliphatic heterocycles. The predicted molar refractivity (Wildman–Crippen MR) is 103 cm³/mol. The molecule has 0 N–H and O–H groups in total. The van der Waals surface area contributed by atoms with Crippen LogP contribution in [0.5, 0.6) is 11.6 Å². The quantitative estimate of drug-likeness (QED) is 0.766. The summed E-state index contributed by atoms with van der Waals surface area (Å²) in [4.78, 5) is 13.0. The Morgan fingerprint density at radius 2 is 2.07 bits per heavy atom. The van der Waals surface area contributed by atoms with Gasteiger partial charge in [-0.25, -0.2) is 16.5 Å². The predicted octanol–water partition coefficient (Wildman–Crippen LogP) is 4.19. The first kappa shape index (κ1) is 18.4. The zero-order valence-electron chi connectivity index (χ0n) is 15.8. The summed E-state index contributed by atoms with van der Waals surface area (Å²) in [6.07, 6.45) is 0. The molecule has 0 saturated heterocycles. The molecule has 3 rings (SSSR count). The number of aliphatic imine (C=N–C) groups is 1. The second kappa shape index (κ2) is 7.47. The van der Waals surface area contributed by atoms with E-state index in [1.807, 2.05) is 32.9 Å². The maximum absolute atomic E-state index is 9.20. The van der Waals surface area contributed by atoms with Gasteiger partial charge in [0.25, 0.3) is 6.04 Å². The van der Waals surface area contributed by atoms with Crippen molar-refractivity contribution < 1.29 is 9.47 Å². The molecule has 2 unspecified atom stereocenters. The number of hydrogen-bond acceptors (Lipinski definition) is 5. The normalized spacial score (nSPS) is 17.9. The van der Waals surface area contributed by atoms with Crippen LogP contribution in [0.3, 0.4) is 0 Å². The lowest BCUT2D eigenvalue weighted by Gasteiger charge is -2.28. The van der Waals surface area contributed by atoms with Gasteiger partial charge in [0.1, 0.15) is 11.7 Å². The highest BCUT2D eigenvalue weighted by Crippen LogP contribution is 2.47. The van der Waals surface area contributed by atoms with E-state index in [0.29, 0.717) is 23.8 Å². The van der Waals surface area contributed by atoms with Crippen molar-refractivity contribution in [3.8, 4) is 17.7 Å². The minimum atomic E-state index is -0.497. The van der Waals surface area contributed by atoms with Crippen LogP contribution in [0.2, 0.25) is 0 Å². The molecular formula is C21H20N4O2. The Kier molecular flexibility index (Phi) is 5.09. The van der Waals surface area contributed by atoms with Crippen LogP contribution < -0.4 is 9.47 Å². The van der Waals surface area contributed by atoms with Crippen LogP contribution in [0.1, 0.15) is 42.1 Å². The number of pyridine rings is 1. The van der Waals surface area contributed by atoms with Crippen molar-refractivity contribution in [1.82, 2.24) is 4.98 Å². The monoisotopic (exact) mass is 360 g/mol. The standard InChI is InChI=1S/C21H20N4O2/c1-6-27-21-19-16(9-12(2)24-21)25-13(3)20(23-4)18(19)15-8-7-14(11-22)10-17(15)26-5/h7-10,18,20H,6H2,1-3,5H3. The number of nitriles is 1. The average molecular weight is 360 g/mol.